The molecule has 1 rings (SSSR count). The fourth-order valence-electron chi connectivity index (χ4n) is 2.46. The summed E-state index contributed by atoms with van der Waals surface area (Å²) in [6, 6.07) is 0.120. The Morgan fingerprint density at radius 2 is 2.00 bits per heavy atom. The van der Waals surface area contributed by atoms with Crippen molar-refractivity contribution in [3.05, 3.63) is 0 Å². The van der Waals surface area contributed by atoms with Gasteiger partial charge in [0.15, 0.2) is 0 Å². The Labute approximate surface area is 106 Å². The lowest BCUT2D eigenvalue weighted by molar-refractivity contribution is -0.134. The van der Waals surface area contributed by atoms with Crippen molar-refractivity contribution in [2.45, 2.75) is 71.9 Å². The van der Waals surface area contributed by atoms with Gasteiger partial charge in [-0.15, -0.1) is 0 Å². The van der Waals surface area contributed by atoms with Gasteiger partial charge >= 0.3 is 0 Å². The van der Waals surface area contributed by atoms with E-state index >= 15 is 0 Å². The molecule has 1 aliphatic heterocycles. The molecular weight excluding hydrogens is 212 g/mol. The summed E-state index contributed by atoms with van der Waals surface area (Å²) >= 11 is 0. The van der Waals surface area contributed by atoms with E-state index in [2.05, 4.69) is 34.6 Å². The molecule has 2 N–H and O–H groups in total. The van der Waals surface area contributed by atoms with Crippen LogP contribution in [0.5, 0.6) is 0 Å². The fourth-order valence-corrected chi connectivity index (χ4v) is 2.46. The highest BCUT2D eigenvalue weighted by Gasteiger charge is 2.41. The van der Waals surface area contributed by atoms with Gasteiger partial charge in [-0.2, -0.15) is 0 Å². The Kier molecular flexibility index (Phi) is 4.23. The number of rotatable bonds is 3. The summed E-state index contributed by atoms with van der Waals surface area (Å²) in [5.74, 6) is 0.271. The van der Waals surface area contributed by atoms with Crippen LogP contribution < -0.4 is 5.73 Å². The standard InChI is InChI=1S/C14H28N2O/c1-13(2,3)9-6-7-12(17)16-10-8-11(15)14(16,4)5/h11H,6-10,15H2,1-5H3. The highest BCUT2D eigenvalue weighted by Crippen LogP contribution is 2.29. The SMILES string of the molecule is CC(C)(C)CCCC(=O)N1CCC(N)C1(C)C. The molecule has 1 saturated heterocycles. The minimum absolute atomic E-state index is 0.120. The average Bonchev–Trinajstić information content (AvgIpc) is 2.39. The van der Waals surface area contributed by atoms with Crippen LogP contribution in [-0.4, -0.2) is 28.9 Å². The molecule has 0 saturated carbocycles. The van der Waals surface area contributed by atoms with Crippen LogP contribution in [0.1, 0.15) is 60.3 Å². The van der Waals surface area contributed by atoms with Gasteiger partial charge in [-0.3, -0.25) is 4.79 Å². The predicted molar refractivity (Wildman–Crippen MR) is 71.7 cm³/mol. The number of nitrogens with zero attached hydrogens (tertiary/aromatic N) is 1. The summed E-state index contributed by atoms with van der Waals surface area (Å²) in [6.45, 7) is 11.6. The van der Waals surface area contributed by atoms with Gasteiger partial charge in [0.2, 0.25) is 5.91 Å². The van der Waals surface area contributed by atoms with Gasteiger partial charge in [-0.25, -0.2) is 0 Å². The normalized spacial score (nSPS) is 24.1. The second-order valence-corrected chi connectivity index (χ2v) is 7.01. The molecule has 0 radical (unpaired) electrons. The molecule has 0 aliphatic carbocycles. The molecular formula is C14H28N2O. The maximum Gasteiger partial charge on any atom is 0.223 e. The smallest absolute Gasteiger partial charge is 0.223 e. The van der Waals surface area contributed by atoms with E-state index in [-0.39, 0.29) is 17.5 Å². The van der Waals surface area contributed by atoms with E-state index in [0.29, 0.717) is 11.8 Å². The molecule has 0 aromatic heterocycles. The van der Waals surface area contributed by atoms with Gasteiger partial charge in [0.05, 0.1) is 5.54 Å². The predicted octanol–water partition coefficient (Wildman–Crippen LogP) is 2.54. The molecule has 0 spiro atoms. The van der Waals surface area contributed by atoms with E-state index in [1.165, 1.54) is 0 Å². The molecule has 1 heterocycles. The molecule has 1 fully saturated rings. The third-order valence-electron chi connectivity index (χ3n) is 3.89. The molecule has 3 heteroatoms. The van der Waals surface area contributed by atoms with Gasteiger partial charge in [-0.05, 0) is 38.5 Å². The lowest BCUT2D eigenvalue weighted by Crippen LogP contribution is -2.51. The number of carbonyl (C=O) groups is 1. The van der Waals surface area contributed by atoms with E-state index in [1.807, 2.05) is 4.90 Å². The molecule has 1 unspecified atom stereocenters. The van der Waals surface area contributed by atoms with Crippen molar-refractivity contribution in [1.29, 1.82) is 0 Å². The summed E-state index contributed by atoms with van der Waals surface area (Å²) in [5.41, 5.74) is 6.19. The minimum atomic E-state index is -0.168. The van der Waals surface area contributed by atoms with E-state index in [0.717, 1.165) is 25.8 Å². The maximum absolute atomic E-state index is 12.2. The number of hydrogen-bond acceptors (Lipinski definition) is 2. The van der Waals surface area contributed by atoms with Gasteiger partial charge in [0, 0.05) is 19.0 Å². The molecule has 1 amide bonds. The van der Waals surface area contributed by atoms with E-state index in [4.69, 9.17) is 5.73 Å². The molecule has 1 atom stereocenters. The van der Waals surface area contributed by atoms with E-state index in [1.54, 1.807) is 0 Å². The highest BCUT2D eigenvalue weighted by molar-refractivity contribution is 5.77. The van der Waals surface area contributed by atoms with Gasteiger partial charge in [0.25, 0.3) is 0 Å². The topological polar surface area (TPSA) is 46.3 Å². The number of nitrogens with two attached hydrogens (primary N) is 1. The number of hydrogen-bond donors (Lipinski definition) is 1. The molecule has 3 nitrogen and oxygen atoms in total. The first-order valence-electron chi connectivity index (χ1n) is 6.70. The first kappa shape index (κ1) is 14.5. The monoisotopic (exact) mass is 240 g/mol. The molecule has 0 bridgehead atoms. The third-order valence-corrected chi connectivity index (χ3v) is 3.89. The van der Waals surface area contributed by atoms with Crippen LogP contribution in [0.4, 0.5) is 0 Å². The summed E-state index contributed by atoms with van der Waals surface area (Å²) in [7, 11) is 0. The zero-order valence-corrected chi connectivity index (χ0v) is 12.0. The van der Waals surface area contributed by atoms with Crippen molar-refractivity contribution in [1.82, 2.24) is 4.90 Å². The Morgan fingerprint density at radius 3 is 2.41 bits per heavy atom. The number of carbonyl (C=O) groups excluding carboxylic acids is 1. The third kappa shape index (κ3) is 3.70. The number of likely N-dealkylation sites (tertiary alicyclic amines) is 1. The zero-order chi connectivity index (χ0) is 13.3. The van der Waals surface area contributed by atoms with Crippen LogP contribution in [0, 0.1) is 5.41 Å². The maximum atomic E-state index is 12.2. The van der Waals surface area contributed by atoms with E-state index in [9.17, 15) is 4.79 Å². The zero-order valence-electron chi connectivity index (χ0n) is 12.0. The lowest BCUT2D eigenvalue weighted by Gasteiger charge is -2.34. The summed E-state index contributed by atoms with van der Waals surface area (Å²) in [5, 5.41) is 0. The van der Waals surface area contributed by atoms with Crippen molar-refractivity contribution in [2.75, 3.05) is 6.54 Å². The Balaban J connectivity index is 2.44. The second-order valence-electron chi connectivity index (χ2n) is 7.01. The highest BCUT2D eigenvalue weighted by atomic mass is 16.2. The first-order chi connectivity index (χ1) is 7.64. The minimum Gasteiger partial charge on any atom is -0.336 e. The van der Waals surface area contributed by atoms with Gasteiger partial charge in [-0.1, -0.05) is 20.8 Å². The van der Waals surface area contributed by atoms with Crippen LogP contribution in [0.15, 0.2) is 0 Å². The van der Waals surface area contributed by atoms with Crippen LogP contribution in [0.2, 0.25) is 0 Å². The fraction of sp³-hybridized carbons (Fsp3) is 0.929. The summed E-state index contributed by atoms with van der Waals surface area (Å²) < 4.78 is 0. The lowest BCUT2D eigenvalue weighted by atomic mass is 9.89. The molecule has 17 heavy (non-hydrogen) atoms. The average molecular weight is 240 g/mol. The Morgan fingerprint density at radius 1 is 1.41 bits per heavy atom. The van der Waals surface area contributed by atoms with Crippen LogP contribution in [0.3, 0.4) is 0 Å². The number of amides is 1. The summed E-state index contributed by atoms with van der Waals surface area (Å²) in [4.78, 5) is 14.1. The largest absolute Gasteiger partial charge is 0.336 e. The van der Waals surface area contributed by atoms with E-state index < -0.39 is 0 Å². The first-order valence-corrected chi connectivity index (χ1v) is 6.70. The quantitative estimate of drug-likeness (QED) is 0.824. The Bertz CT molecular complexity index is 278. The molecule has 0 aromatic carbocycles. The second kappa shape index (κ2) is 4.97. The van der Waals surface area contributed by atoms with Crippen LogP contribution in [-0.2, 0) is 4.79 Å². The molecule has 1 aliphatic rings. The van der Waals surface area contributed by atoms with Crippen molar-refractivity contribution in [3.8, 4) is 0 Å². The van der Waals surface area contributed by atoms with Crippen molar-refractivity contribution in [2.24, 2.45) is 11.1 Å². The van der Waals surface area contributed by atoms with Crippen molar-refractivity contribution < 1.29 is 4.79 Å². The van der Waals surface area contributed by atoms with Crippen molar-refractivity contribution >= 4 is 5.91 Å². The van der Waals surface area contributed by atoms with Gasteiger partial charge < -0.3 is 10.6 Å². The van der Waals surface area contributed by atoms with Crippen molar-refractivity contribution in [3.63, 3.8) is 0 Å². The summed E-state index contributed by atoms with van der Waals surface area (Å²) in [6.07, 6.45) is 3.66. The van der Waals surface area contributed by atoms with Gasteiger partial charge in [0.1, 0.15) is 0 Å². The van der Waals surface area contributed by atoms with Crippen LogP contribution >= 0.6 is 0 Å². The molecule has 0 aromatic rings. The van der Waals surface area contributed by atoms with Crippen LogP contribution in [0.25, 0.3) is 0 Å². The molecule has 100 valence electrons. The Hall–Kier alpha value is -0.570.